The molecular formula is C15H19BrN2. The summed E-state index contributed by atoms with van der Waals surface area (Å²) >= 11 is 3.67. The van der Waals surface area contributed by atoms with Crippen molar-refractivity contribution in [3.05, 3.63) is 28.4 Å². The normalized spacial score (nSPS) is 17.4. The molecule has 1 fully saturated rings. The zero-order valence-corrected chi connectivity index (χ0v) is 12.4. The predicted octanol–water partition coefficient (Wildman–Crippen LogP) is 4.87. The molecule has 0 aliphatic heterocycles. The van der Waals surface area contributed by atoms with E-state index in [0.29, 0.717) is 6.04 Å². The number of rotatable bonds is 2. The van der Waals surface area contributed by atoms with Crippen molar-refractivity contribution in [1.29, 1.82) is 0 Å². The minimum Gasteiger partial charge on any atom is -0.261 e. The van der Waals surface area contributed by atoms with Gasteiger partial charge in [0.05, 0.1) is 17.3 Å². The number of fused-ring (bicyclic) bond motifs is 1. The highest BCUT2D eigenvalue weighted by Crippen LogP contribution is 2.34. The summed E-state index contributed by atoms with van der Waals surface area (Å²) in [5.41, 5.74) is 2.52. The Balaban J connectivity index is 2.14. The Morgan fingerprint density at radius 1 is 1.28 bits per heavy atom. The van der Waals surface area contributed by atoms with E-state index < -0.39 is 0 Å². The maximum Gasteiger partial charge on any atom is 0.0712 e. The maximum atomic E-state index is 4.88. The molecule has 96 valence electrons. The summed E-state index contributed by atoms with van der Waals surface area (Å²) in [5, 5.41) is 6.19. The fourth-order valence-corrected chi connectivity index (χ4v) is 3.66. The second-order valence-electron chi connectivity index (χ2n) is 5.17. The summed E-state index contributed by atoms with van der Waals surface area (Å²) in [4.78, 5) is 0. The SMILES string of the molecule is CCc1nn(C2CCCCC2)c2cccc(Br)c12. The summed E-state index contributed by atoms with van der Waals surface area (Å²) in [6.45, 7) is 2.19. The van der Waals surface area contributed by atoms with Crippen molar-refractivity contribution in [3.8, 4) is 0 Å². The van der Waals surface area contributed by atoms with Crippen LogP contribution >= 0.6 is 15.9 Å². The molecule has 0 atom stereocenters. The van der Waals surface area contributed by atoms with Crippen LogP contribution in [0.5, 0.6) is 0 Å². The van der Waals surface area contributed by atoms with Gasteiger partial charge in [-0.1, -0.05) is 48.2 Å². The average molecular weight is 307 g/mol. The third-order valence-corrected chi connectivity index (χ3v) is 4.67. The molecule has 1 aromatic heterocycles. The molecule has 1 aliphatic carbocycles. The Kier molecular flexibility index (Phi) is 3.42. The minimum atomic E-state index is 0.607. The van der Waals surface area contributed by atoms with Crippen molar-refractivity contribution in [1.82, 2.24) is 9.78 Å². The third-order valence-electron chi connectivity index (χ3n) is 4.01. The molecule has 1 heterocycles. The lowest BCUT2D eigenvalue weighted by Crippen LogP contribution is -2.14. The minimum absolute atomic E-state index is 0.607. The largest absolute Gasteiger partial charge is 0.261 e. The Morgan fingerprint density at radius 2 is 2.06 bits per heavy atom. The summed E-state index contributed by atoms with van der Waals surface area (Å²) in [6.07, 6.45) is 7.65. The molecule has 3 heteroatoms. The Labute approximate surface area is 117 Å². The van der Waals surface area contributed by atoms with Gasteiger partial charge >= 0.3 is 0 Å². The first-order valence-electron chi connectivity index (χ1n) is 6.97. The first kappa shape index (κ1) is 12.2. The second kappa shape index (κ2) is 5.04. The van der Waals surface area contributed by atoms with Crippen LogP contribution < -0.4 is 0 Å². The van der Waals surface area contributed by atoms with Crippen molar-refractivity contribution < 1.29 is 0 Å². The van der Waals surface area contributed by atoms with Gasteiger partial charge in [0.1, 0.15) is 0 Å². The quantitative estimate of drug-likeness (QED) is 0.774. The van der Waals surface area contributed by atoms with Crippen LogP contribution in [0.2, 0.25) is 0 Å². The second-order valence-corrected chi connectivity index (χ2v) is 6.02. The van der Waals surface area contributed by atoms with E-state index in [9.17, 15) is 0 Å². The van der Waals surface area contributed by atoms with Gasteiger partial charge in [-0.15, -0.1) is 0 Å². The van der Waals surface area contributed by atoms with Gasteiger partial charge in [0.15, 0.2) is 0 Å². The molecule has 0 amide bonds. The summed E-state index contributed by atoms with van der Waals surface area (Å²) in [5.74, 6) is 0. The highest BCUT2D eigenvalue weighted by atomic mass is 79.9. The van der Waals surface area contributed by atoms with Gasteiger partial charge in [-0.25, -0.2) is 0 Å². The smallest absolute Gasteiger partial charge is 0.0712 e. The molecule has 3 rings (SSSR count). The number of aryl methyl sites for hydroxylation is 1. The van der Waals surface area contributed by atoms with E-state index in [0.717, 1.165) is 6.42 Å². The predicted molar refractivity (Wildman–Crippen MR) is 78.9 cm³/mol. The summed E-state index contributed by atoms with van der Waals surface area (Å²) in [6, 6.07) is 7.05. The summed E-state index contributed by atoms with van der Waals surface area (Å²) in [7, 11) is 0. The Hall–Kier alpha value is -0.830. The zero-order chi connectivity index (χ0) is 12.5. The van der Waals surface area contributed by atoms with Crippen LogP contribution in [0.15, 0.2) is 22.7 Å². The number of hydrogen-bond donors (Lipinski definition) is 0. The lowest BCUT2D eigenvalue weighted by atomic mass is 9.95. The number of hydrogen-bond acceptors (Lipinski definition) is 1. The Morgan fingerprint density at radius 3 is 2.78 bits per heavy atom. The highest BCUT2D eigenvalue weighted by molar-refractivity contribution is 9.10. The molecule has 0 N–H and O–H groups in total. The molecule has 0 unspecified atom stereocenters. The van der Waals surface area contributed by atoms with Gasteiger partial charge in [0, 0.05) is 9.86 Å². The lowest BCUT2D eigenvalue weighted by molar-refractivity contribution is 0.336. The van der Waals surface area contributed by atoms with E-state index in [2.05, 4.69) is 45.7 Å². The van der Waals surface area contributed by atoms with Gasteiger partial charge in [-0.2, -0.15) is 5.10 Å². The van der Waals surface area contributed by atoms with Crippen LogP contribution in [-0.2, 0) is 6.42 Å². The molecule has 2 aromatic rings. The average Bonchev–Trinajstić information content (AvgIpc) is 2.80. The molecule has 1 aromatic carbocycles. The molecule has 0 saturated heterocycles. The van der Waals surface area contributed by atoms with Crippen LogP contribution in [-0.4, -0.2) is 9.78 Å². The van der Waals surface area contributed by atoms with Gasteiger partial charge in [-0.3, -0.25) is 4.68 Å². The monoisotopic (exact) mass is 306 g/mol. The van der Waals surface area contributed by atoms with Gasteiger partial charge in [0.2, 0.25) is 0 Å². The standard InChI is InChI=1S/C15H19BrN2/c1-2-13-15-12(16)9-6-10-14(15)18(17-13)11-7-4-3-5-8-11/h6,9-11H,2-5,7-8H2,1H3. The van der Waals surface area contributed by atoms with Gasteiger partial charge in [0.25, 0.3) is 0 Å². The molecule has 1 aliphatic rings. The fourth-order valence-electron chi connectivity index (χ4n) is 3.07. The fraction of sp³-hybridized carbons (Fsp3) is 0.533. The molecule has 18 heavy (non-hydrogen) atoms. The van der Waals surface area contributed by atoms with E-state index in [1.54, 1.807) is 0 Å². The summed E-state index contributed by atoms with van der Waals surface area (Å²) < 4.78 is 3.47. The van der Waals surface area contributed by atoms with E-state index >= 15 is 0 Å². The topological polar surface area (TPSA) is 17.8 Å². The number of nitrogens with zero attached hydrogens (tertiary/aromatic N) is 2. The van der Waals surface area contributed by atoms with Crippen LogP contribution in [0.3, 0.4) is 0 Å². The van der Waals surface area contributed by atoms with Crippen LogP contribution in [0, 0.1) is 0 Å². The maximum absolute atomic E-state index is 4.88. The van der Waals surface area contributed by atoms with E-state index in [4.69, 9.17) is 5.10 Å². The molecule has 2 nitrogen and oxygen atoms in total. The first-order chi connectivity index (χ1) is 8.81. The zero-order valence-electron chi connectivity index (χ0n) is 10.8. The first-order valence-corrected chi connectivity index (χ1v) is 7.76. The van der Waals surface area contributed by atoms with Crippen molar-refractivity contribution in [2.24, 2.45) is 0 Å². The Bertz CT molecular complexity index is 553. The van der Waals surface area contributed by atoms with E-state index in [1.807, 2.05) is 0 Å². The number of aromatic nitrogens is 2. The van der Waals surface area contributed by atoms with Crippen LogP contribution in [0.1, 0.15) is 50.8 Å². The number of benzene rings is 1. The van der Waals surface area contributed by atoms with Crippen LogP contribution in [0.25, 0.3) is 10.9 Å². The molecule has 0 spiro atoms. The van der Waals surface area contributed by atoms with Crippen molar-refractivity contribution in [2.45, 2.75) is 51.5 Å². The third kappa shape index (κ3) is 1.99. The van der Waals surface area contributed by atoms with Crippen molar-refractivity contribution in [3.63, 3.8) is 0 Å². The molecule has 0 bridgehead atoms. The lowest BCUT2D eigenvalue weighted by Gasteiger charge is -2.22. The van der Waals surface area contributed by atoms with Crippen LogP contribution in [0.4, 0.5) is 0 Å². The van der Waals surface area contributed by atoms with E-state index in [1.165, 1.54) is 53.2 Å². The molecule has 1 saturated carbocycles. The van der Waals surface area contributed by atoms with Gasteiger partial charge < -0.3 is 0 Å². The van der Waals surface area contributed by atoms with Crippen molar-refractivity contribution in [2.75, 3.05) is 0 Å². The van der Waals surface area contributed by atoms with Crippen molar-refractivity contribution >= 4 is 26.8 Å². The van der Waals surface area contributed by atoms with E-state index in [-0.39, 0.29) is 0 Å². The van der Waals surface area contributed by atoms with Gasteiger partial charge in [-0.05, 0) is 31.4 Å². The number of halogens is 1. The highest BCUT2D eigenvalue weighted by Gasteiger charge is 2.20. The molecular weight excluding hydrogens is 288 g/mol. The molecule has 0 radical (unpaired) electrons.